The van der Waals surface area contributed by atoms with Gasteiger partial charge >= 0.3 is 5.97 Å². The average molecular weight is 308 g/mol. The minimum absolute atomic E-state index is 0.367. The maximum Gasteiger partial charge on any atom is 0.337 e. The van der Waals surface area contributed by atoms with E-state index in [1.54, 1.807) is 13.8 Å². The van der Waals surface area contributed by atoms with Gasteiger partial charge in [0, 0.05) is 0 Å². The Hall–Kier alpha value is -1.47. The number of fused-ring (bicyclic) bond motifs is 1. The normalized spacial score (nSPS) is 32.7. The van der Waals surface area contributed by atoms with E-state index in [0.717, 1.165) is 5.56 Å². The molecule has 0 N–H and O–H groups in total. The van der Waals surface area contributed by atoms with Gasteiger partial charge < -0.3 is 23.7 Å². The van der Waals surface area contributed by atoms with Gasteiger partial charge in [0.25, 0.3) is 0 Å². The second-order valence-electron chi connectivity index (χ2n) is 5.81. The molecule has 3 rings (SSSR count). The van der Waals surface area contributed by atoms with Gasteiger partial charge in [0.2, 0.25) is 0 Å². The van der Waals surface area contributed by atoms with Gasteiger partial charge in [0.1, 0.15) is 12.2 Å². The summed E-state index contributed by atoms with van der Waals surface area (Å²) in [7, 11) is 1.32. The highest BCUT2D eigenvalue weighted by Gasteiger charge is 2.58. The van der Waals surface area contributed by atoms with Gasteiger partial charge in [-0.25, -0.2) is 4.79 Å². The van der Waals surface area contributed by atoms with Crippen LogP contribution >= 0.6 is 0 Å². The number of ether oxygens (including phenoxy) is 5. The van der Waals surface area contributed by atoms with Gasteiger partial charge in [-0.05, 0) is 19.4 Å². The maximum atomic E-state index is 11.8. The van der Waals surface area contributed by atoms with Gasteiger partial charge in [0.15, 0.2) is 18.2 Å². The standard InChI is InChI=1S/C16H20O6/c1-16(2)21-11-12(14(17)18-3)20-15(13(11)22-16)19-9-10-7-5-4-6-8-10/h4-8,11-13,15H,9H2,1-3H3/t11-,12-,13-,15-/m0/s1. The highest BCUT2D eigenvalue weighted by Crippen LogP contribution is 2.39. The van der Waals surface area contributed by atoms with E-state index in [4.69, 9.17) is 23.7 Å². The lowest BCUT2D eigenvalue weighted by molar-refractivity contribution is -0.238. The van der Waals surface area contributed by atoms with Crippen LogP contribution in [-0.4, -0.2) is 43.5 Å². The van der Waals surface area contributed by atoms with E-state index in [2.05, 4.69) is 0 Å². The minimum Gasteiger partial charge on any atom is -0.467 e. The van der Waals surface area contributed by atoms with Crippen LogP contribution in [-0.2, 0) is 35.1 Å². The first-order valence-electron chi connectivity index (χ1n) is 7.24. The zero-order valence-corrected chi connectivity index (χ0v) is 12.9. The zero-order valence-electron chi connectivity index (χ0n) is 12.9. The van der Waals surface area contributed by atoms with Crippen LogP contribution in [0.4, 0.5) is 0 Å². The number of esters is 1. The van der Waals surface area contributed by atoms with Gasteiger partial charge in [0.05, 0.1) is 13.7 Å². The molecule has 2 fully saturated rings. The third-order valence-electron chi connectivity index (χ3n) is 3.70. The molecule has 4 atom stereocenters. The smallest absolute Gasteiger partial charge is 0.337 e. The monoisotopic (exact) mass is 308 g/mol. The SMILES string of the molecule is COC(=O)[C@H]1O[C@H](OCc2ccccc2)[C@H]2OC(C)(C)O[C@H]21. The fraction of sp³-hybridized carbons (Fsp3) is 0.562. The summed E-state index contributed by atoms with van der Waals surface area (Å²) in [6.45, 7) is 3.97. The topological polar surface area (TPSA) is 63.2 Å². The summed E-state index contributed by atoms with van der Waals surface area (Å²) in [5.74, 6) is -1.26. The molecule has 6 nitrogen and oxygen atoms in total. The molecule has 0 amide bonds. The Morgan fingerprint density at radius 2 is 1.86 bits per heavy atom. The molecule has 0 unspecified atom stereocenters. The largest absolute Gasteiger partial charge is 0.467 e. The predicted octanol–water partition coefficient (Wildman–Crippen LogP) is 1.62. The van der Waals surface area contributed by atoms with Crippen molar-refractivity contribution >= 4 is 5.97 Å². The van der Waals surface area contributed by atoms with E-state index in [1.165, 1.54) is 7.11 Å². The second-order valence-corrected chi connectivity index (χ2v) is 5.81. The molecule has 2 aliphatic heterocycles. The predicted molar refractivity (Wildman–Crippen MR) is 75.7 cm³/mol. The molecular weight excluding hydrogens is 288 g/mol. The lowest BCUT2D eigenvalue weighted by atomic mass is 10.1. The molecule has 2 saturated heterocycles. The first kappa shape index (κ1) is 15.4. The highest BCUT2D eigenvalue weighted by molar-refractivity contribution is 5.76. The third-order valence-corrected chi connectivity index (χ3v) is 3.70. The molecule has 0 aliphatic carbocycles. The first-order valence-corrected chi connectivity index (χ1v) is 7.24. The van der Waals surface area contributed by atoms with Crippen molar-refractivity contribution in [1.29, 1.82) is 0 Å². The van der Waals surface area contributed by atoms with E-state index >= 15 is 0 Å². The van der Waals surface area contributed by atoms with Crippen LogP contribution in [0, 0.1) is 0 Å². The van der Waals surface area contributed by atoms with E-state index in [1.807, 2.05) is 30.3 Å². The molecule has 2 heterocycles. The maximum absolute atomic E-state index is 11.8. The Morgan fingerprint density at radius 3 is 2.55 bits per heavy atom. The van der Waals surface area contributed by atoms with Gasteiger partial charge in [-0.2, -0.15) is 0 Å². The molecule has 1 aromatic rings. The Labute approximate surface area is 129 Å². The fourth-order valence-electron chi connectivity index (χ4n) is 2.75. The molecule has 0 bridgehead atoms. The van der Waals surface area contributed by atoms with Crippen LogP contribution in [0.25, 0.3) is 0 Å². The van der Waals surface area contributed by atoms with Crippen molar-refractivity contribution in [3.63, 3.8) is 0 Å². The number of carbonyl (C=O) groups excluding carboxylic acids is 1. The summed E-state index contributed by atoms with van der Waals surface area (Å²) in [6, 6.07) is 9.73. The third kappa shape index (κ3) is 3.01. The quantitative estimate of drug-likeness (QED) is 0.788. The van der Waals surface area contributed by atoms with Gasteiger partial charge in [-0.3, -0.25) is 0 Å². The number of hydrogen-bond acceptors (Lipinski definition) is 6. The average Bonchev–Trinajstić information content (AvgIpc) is 2.99. The zero-order chi connectivity index (χ0) is 15.7. The number of carbonyl (C=O) groups is 1. The summed E-state index contributed by atoms with van der Waals surface area (Å²) >= 11 is 0. The number of rotatable bonds is 4. The second kappa shape index (κ2) is 5.96. The lowest BCUT2D eigenvalue weighted by Gasteiger charge is -2.23. The van der Waals surface area contributed by atoms with Crippen molar-refractivity contribution in [3.05, 3.63) is 35.9 Å². The van der Waals surface area contributed by atoms with E-state index in [9.17, 15) is 4.79 Å². The van der Waals surface area contributed by atoms with Crippen molar-refractivity contribution in [2.24, 2.45) is 0 Å². The van der Waals surface area contributed by atoms with Crippen molar-refractivity contribution in [2.75, 3.05) is 7.11 Å². The van der Waals surface area contributed by atoms with E-state index in [-0.39, 0.29) is 0 Å². The molecule has 2 aliphatic rings. The van der Waals surface area contributed by atoms with Crippen LogP contribution in [0.2, 0.25) is 0 Å². The molecule has 22 heavy (non-hydrogen) atoms. The van der Waals surface area contributed by atoms with Crippen molar-refractivity contribution in [3.8, 4) is 0 Å². The Bertz CT molecular complexity index is 529. The number of hydrogen-bond donors (Lipinski definition) is 0. The van der Waals surface area contributed by atoms with Crippen molar-refractivity contribution in [1.82, 2.24) is 0 Å². The van der Waals surface area contributed by atoms with Gasteiger partial charge in [-0.1, -0.05) is 30.3 Å². The molecule has 0 aromatic heterocycles. The van der Waals surface area contributed by atoms with Crippen molar-refractivity contribution < 1.29 is 28.5 Å². The van der Waals surface area contributed by atoms with Crippen LogP contribution in [0.15, 0.2) is 30.3 Å². The minimum atomic E-state index is -0.836. The van der Waals surface area contributed by atoms with E-state index in [0.29, 0.717) is 6.61 Å². The number of methoxy groups -OCH3 is 1. The van der Waals surface area contributed by atoms with Crippen LogP contribution in [0.5, 0.6) is 0 Å². The summed E-state index contributed by atoms with van der Waals surface area (Å²) in [6.07, 6.45) is -2.49. The summed E-state index contributed by atoms with van der Waals surface area (Å²) in [4.78, 5) is 11.8. The van der Waals surface area contributed by atoms with Crippen LogP contribution in [0.3, 0.4) is 0 Å². The Kier molecular flexibility index (Phi) is 4.18. The summed E-state index contributed by atoms with van der Waals surface area (Å²) < 4.78 is 27.8. The fourth-order valence-corrected chi connectivity index (χ4v) is 2.75. The van der Waals surface area contributed by atoms with Crippen LogP contribution < -0.4 is 0 Å². The molecule has 0 radical (unpaired) electrons. The Morgan fingerprint density at radius 1 is 1.18 bits per heavy atom. The van der Waals surface area contributed by atoms with Crippen LogP contribution in [0.1, 0.15) is 19.4 Å². The summed E-state index contributed by atoms with van der Waals surface area (Å²) in [5, 5.41) is 0. The van der Waals surface area contributed by atoms with Crippen molar-refractivity contribution in [2.45, 2.75) is 50.8 Å². The molecule has 0 spiro atoms. The molecule has 6 heteroatoms. The molecule has 1 aromatic carbocycles. The highest BCUT2D eigenvalue weighted by atomic mass is 16.8. The lowest BCUT2D eigenvalue weighted by Crippen LogP contribution is -2.36. The summed E-state index contributed by atoms with van der Waals surface area (Å²) in [5.41, 5.74) is 1.02. The van der Waals surface area contributed by atoms with Gasteiger partial charge in [-0.15, -0.1) is 0 Å². The first-order chi connectivity index (χ1) is 10.5. The molecule has 120 valence electrons. The number of benzene rings is 1. The molecular formula is C16H20O6. The van der Waals surface area contributed by atoms with E-state index < -0.39 is 36.4 Å². The molecule has 0 saturated carbocycles. The Balaban J connectivity index is 1.70.